The van der Waals surface area contributed by atoms with E-state index in [-0.39, 0.29) is 0 Å². The summed E-state index contributed by atoms with van der Waals surface area (Å²) < 4.78 is 5.31. The molecule has 3 heteroatoms. The molecule has 0 aromatic heterocycles. The first-order valence-electron chi connectivity index (χ1n) is 8.79. The summed E-state index contributed by atoms with van der Waals surface area (Å²) in [5, 5.41) is 0. The number of benzene rings is 1. The van der Waals surface area contributed by atoms with E-state index >= 15 is 0 Å². The van der Waals surface area contributed by atoms with Crippen LogP contribution in [0.4, 0.5) is 0 Å². The van der Waals surface area contributed by atoms with Crippen LogP contribution in [-0.4, -0.2) is 25.7 Å². The lowest BCUT2D eigenvalue weighted by Gasteiger charge is -2.10. The highest BCUT2D eigenvalue weighted by Crippen LogP contribution is 2.27. The first-order chi connectivity index (χ1) is 11.2. The third-order valence-corrected chi connectivity index (χ3v) is 4.90. The van der Waals surface area contributed by atoms with Crippen molar-refractivity contribution in [1.82, 2.24) is 0 Å². The molecule has 0 spiro atoms. The van der Waals surface area contributed by atoms with Crippen molar-refractivity contribution in [3.05, 3.63) is 29.3 Å². The molecule has 3 nitrogen and oxygen atoms in total. The van der Waals surface area contributed by atoms with Gasteiger partial charge in [0.2, 0.25) is 0 Å². The van der Waals surface area contributed by atoms with Gasteiger partial charge in [0, 0.05) is 25.1 Å². The highest BCUT2D eigenvalue weighted by molar-refractivity contribution is 6.00. The molecule has 1 aliphatic carbocycles. The number of nitrogens with zero attached hydrogens (tertiary/aromatic N) is 1. The Bertz CT molecular complexity index is 557. The van der Waals surface area contributed by atoms with Gasteiger partial charge in [-0.15, -0.1) is 0 Å². The quantitative estimate of drug-likeness (QED) is 0.513. The topological polar surface area (TPSA) is 38.7 Å². The van der Waals surface area contributed by atoms with Crippen LogP contribution in [0.15, 0.2) is 23.2 Å². The van der Waals surface area contributed by atoms with Crippen molar-refractivity contribution in [3.63, 3.8) is 0 Å². The fourth-order valence-corrected chi connectivity index (χ4v) is 3.49. The molecule has 0 saturated heterocycles. The number of aliphatic imine (C=N–C) groups is 1. The minimum absolute atomic E-state index is 0.360. The Morgan fingerprint density at radius 1 is 1.22 bits per heavy atom. The van der Waals surface area contributed by atoms with Crippen LogP contribution in [0.5, 0.6) is 5.75 Å². The Hall–Kier alpha value is -1.64. The summed E-state index contributed by atoms with van der Waals surface area (Å²) in [7, 11) is 3.54. The number of ether oxygens (including phenoxy) is 1. The molecule has 0 unspecified atom stereocenters. The molecular weight excluding hydrogens is 286 g/mol. The first kappa shape index (κ1) is 17.7. The van der Waals surface area contributed by atoms with Crippen LogP contribution in [0.2, 0.25) is 0 Å². The number of hydrogen-bond donors (Lipinski definition) is 0. The fourth-order valence-electron chi connectivity index (χ4n) is 3.49. The molecular formula is C20H29NO2. The molecule has 23 heavy (non-hydrogen) atoms. The molecule has 1 fully saturated rings. The van der Waals surface area contributed by atoms with Gasteiger partial charge in [0.15, 0.2) is 0 Å². The predicted octanol–water partition coefficient (Wildman–Crippen LogP) is 4.74. The zero-order valence-electron chi connectivity index (χ0n) is 14.7. The Balaban J connectivity index is 1.81. The third-order valence-electron chi connectivity index (χ3n) is 4.90. The van der Waals surface area contributed by atoms with Crippen molar-refractivity contribution in [2.45, 2.75) is 58.3 Å². The van der Waals surface area contributed by atoms with Crippen LogP contribution in [0.25, 0.3) is 0 Å². The molecule has 1 aromatic rings. The van der Waals surface area contributed by atoms with Gasteiger partial charge in [-0.1, -0.05) is 12.8 Å². The summed E-state index contributed by atoms with van der Waals surface area (Å²) in [5.74, 6) is 1.75. The van der Waals surface area contributed by atoms with E-state index in [0.717, 1.165) is 61.1 Å². The lowest BCUT2D eigenvalue weighted by Crippen LogP contribution is -2.10. The van der Waals surface area contributed by atoms with Gasteiger partial charge in [-0.2, -0.15) is 0 Å². The molecule has 1 aromatic carbocycles. The van der Waals surface area contributed by atoms with E-state index in [1.807, 2.05) is 13.1 Å². The smallest absolute Gasteiger partial charge is 0.135 e. The normalized spacial score (nSPS) is 15.9. The van der Waals surface area contributed by atoms with Crippen molar-refractivity contribution in [2.24, 2.45) is 10.9 Å². The van der Waals surface area contributed by atoms with Crippen LogP contribution in [0.3, 0.4) is 0 Å². The van der Waals surface area contributed by atoms with Gasteiger partial charge in [0.1, 0.15) is 11.5 Å². The van der Waals surface area contributed by atoms with Crippen molar-refractivity contribution in [2.75, 3.05) is 14.2 Å². The number of Topliss-reactive ketones (excluding diaryl/α,β-unsaturated/α-hetero) is 1. The molecule has 0 bridgehead atoms. The van der Waals surface area contributed by atoms with Crippen LogP contribution in [0.1, 0.15) is 62.5 Å². The fraction of sp³-hybridized carbons (Fsp3) is 0.600. The predicted molar refractivity (Wildman–Crippen MR) is 95.6 cm³/mol. The molecule has 0 radical (unpaired) electrons. The average molecular weight is 315 g/mol. The molecule has 2 rings (SSSR count). The summed E-state index contributed by atoms with van der Waals surface area (Å²) in [6.45, 7) is 2.05. The SMILES string of the molecule is CN=C(CCCCC(=O)C1CCCC1)c1ccc(OC)c(C)c1. The molecule has 0 atom stereocenters. The second kappa shape index (κ2) is 8.85. The molecule has 0 N–H and O–H groups in total. The number of ketones is 1. The zero-order valence-corrected chi connectivity index (χ0v) is 14.7. The summed E-state index contributed by atoms with van der Waals surface area (Å²) in [5.41, 5.74) is 3.40. The first-order valence-corrected chi connectivity index (χ1v) is 8.79. The number of carbonyl (C=O) groups is 1. The van der Waals surface area contributed by atoms with Crippen molar-refractivity contribution >= 4 is 11.5 Å². The largest absolute Gasteiger partial charge is 0.496 e. The monoisotopic (exact) mass is 315 g/mol. The third kappa shape index (κ3) is 4.92. The van der Waals surface area contributed by atoms with E-state index in [2.05, 4.69) is 24.0 Å². The van der Waals surface area contributed by atoms with E-state index in [1.165, 1.54) is 12.8 Å². The molecule has 0 aliphatic heterocycles. The number of hydrogen-bond acceptors (Lipinski definition) is 3. The number of unbranched alkanes of at least 4 members (excludes halogenated alkanes) is 1. The van der Waals surface area contributed by atoms with Crippen molar-refractivity contribution < 1.29 is 9.53 Å². The van der Waals surface area contributed by atoms with E-state index in [9.17, 15) is 4.79 Å². The Labute approximate surface area is 140 Å². The number of aryl methyl sites for hydroxylation is 1. The summed E-state index contributed by atoms with van der Waals surface area (Å²) >= 11 is 0. The van der Waals surface area contributed by atoms with Crippen LogP contribution in [-0.2, 0) is 4.79 Å². The van der Waals surface area contributed by atoms with E-state index in [0.29, 0.717) is 11.7 Å². The van der Waals surface area contributed by atoms with E-state index in [4.69, 9.17) is 4.74 Å². The zero-order chi connectivity index (χ0) is 16.7. The van der Waals surface area contributed by atoms with Crippen LogP contribution >= 0.6 is 0 Å². The Morgan fingerprint density at radius 2 is 1.91 bits per heavy atom. The van der Waals surface area contributed by atoms with Crippen molar-refractivity contribution in [3.8, 4) is 5.75 Å². The standard InChI is InChI=1S/C20H29NO2/c1-15-14-17(12-13-20(15)23-3)18(21-2)10-6-7-11-19(22)16-8-4-5-9-16/h12-14,16H,4-11H2,1-3H3. The Morgan fingerprint density at radius 3 is 2.52 bits per heavy atom. The van der Waals surface area contributed by atoms with E-state index < -0.39 is 0 Å². The maximum Gasteiger partial charge on any atom is 0.135 e. The van der Waals surface area contributed by atoms with Gasteiger partial charge < -0.3 is 4.74 Å². The highest BCUT2D eigenvalue weighted by Gasteiger charge is 2.21. The van der Waals surface area contributed by atoms with Gasteiger partial charge in [0.05, 0.1) is 7.11 Å². The molecule has 0 heterocycles. The average Bonchev–Trinajstić information content (AvgIpc) is 3.09. The summed E-state index contributed by atoms with van der Waals surface area (Å²) in [4.78, 5) is 16.5. The van der Waals surface area contributed by atoms with Gasteiger partial charge in [-0.05, 0) is 68.4 Å². The maximum absolute atomic E-state index is 12.1. The van der Waals surface area contributed by atoms with Gasteiger partial charge in [-0.25, -0.2) is 0 Å². The van der Waals surface area contributed by atoms with Crippen LogP contribution < -0.4 is 4.74 Å². The van der Waals surface area contributed by atoms with Gasteiger partial charge in [-0.3, -0.25) is 9.79 Å². The van der Waals surface area contributed by atoms with Crippen molar-refractivity contribution in [1.29, 1.82) is 0 Å². The minimum atomic E-state index is 0.360. The molecule has 1 saturated carbocycles. The highest BCUT2D eigenvalue weighted by atomic mass is 16.5. The van der Waals surface area contributed by atoms with Gasteiger partial charge >= 0.3 is 0 Å². The molecule has 126 valence electrons. The van der Waals surface area contributed by atoms with E-state index in [1.54, 1.807) is 7.11 Å². The lowest BCUT2D eigenvalue weighted by atomic mass is 9.96. The lowest BCUT2D eigenvalue weighted by molar-refractivity contribution is -0.122. The number of carbonyl (C=O) groups excluding carboxylic acids is 1. The van der Waals surface area contributed by atoms with Gasteiger partial charge in [0.25, 0.3) is 0 Å². The second-order valence-electron chi connectivity index (χ2n) is 6.51. The summed E-state index contributed by atoms with van der Waals surface area (Å²) in [6, 6.07) is 6.20. The summed E-state index contributed by atoms with van der Waals surface area (Å²) in [6.07, 6.45) is 8.38. The second-order valence-corrected chi connectivity index (χ2v) is 6.51. The number of rotatable bonds is 8. The molecule has 1 aliphatic rings. The van der Waals surface area contributed by atoms with Crippen LogP contribution in [0, 0.1) is 12.8 Å². The Kier molecular flexibility index (Phi) is 6.82. The number of methoxy groups -OCH3 is 1. The minimum Gasteiger partial charge on any atom is -0.496 e. The maximum atomic E-state index is 12.1. The molecule has 0 amide bonds.